The van der Waals surface area contributed by atoms with Crippen molar-refractivity contribution in [3.05, 3.63) is 0 Å². The minimum atomic E-state index is -1.00. The molecule has 0 amide bonds. The van der Waals surface area contributed by atoms with Crippen molar-refractivity contribution in [2.75, 3.05) is 27.2 Å². The quantitative estimate of drug-likeness (QED) is 0.507. The van der Waals surface area contributed by atoms with Crippen LogP contribution in [-0.2, 0) is 9.59 Å². The molecular weight excluding hydrogens is 200 g/mol. The largest absolute Gasteiger partial charge is 0.481 e. The molecule has 6 heteroatoms. The Morgan fingerprint density at radius 3 is 2.33 bits per heavy atom. The number of carboxylic acids is 2. The molecule has 0 saturated heterocycles. The third-order valence-electron chi connectivity index (χ3n) is 1.89. The Hall–Kier alpha value is -1.14. The molecule has 0 aromatic carbocycles. The van der Waals surface area contributed by atoms with Crippen molar-refractivity contribution >= 4 is 11.9 Å². The highest BCUT2D eigenvalue weighted by atomic mass is 16.4. The Balaban J connectivity index is 3.84. The lowest BCUT2D eigenvalue weighted by molar-refractivity contribution is -0.140. The molecule has 0 saturated carbocycles. The smallest absolute Gasteiger partial charge is 0.320 e. The monoisotopic (exact) mass is 218 g/mol. The van der Waals surface area contributed by atoms with Gasteiger partial charge < -0.3 is 20.4 Å². The molecule has 0 aliphatic carbocycles. The zero-order valence-corrected chi connectivity index (χ0v) is 9.06. The fraction of sp³-hybridized carbons (Fsp3) is 0.778. The van der Waals surface area contributed by atoms with E-state index >= 15 is 0 Å². The van der Waals surface area contributed by atoms with Crippen LogP contribution in [0.1, 0.15) is 12.8 Å². The summed E-state index contributed by atoms with van der Waals surface area (Å²) >= 11 is 0. The summed E-state index contributed by atoms with van der Waals surface area (Å²) in [5.41, 5.74) is 0. The van der Waals surface area contributed by atoms with Crippen molar-refractivity contribution < 1.29 is 19.8 Å². The SMILES string of the molecule is CN(C)CCNC(CCC(=O)O)C(=O)O. The zero-order valence-electron chi connectivity index (χ0n) is 9.06. The van der Waals surface area contributed by atoms with Crippen molar-refractivity contribution in [3.8, 4) is 0 Å². The number of nitrogens with one attached hydrogen (secondary N) is 1. The van der Waals surface area contributed by atoms with Gasteiger partial charge in [-0.25, -0.2) is 0 Å². The number of carboxylic acid groups (broad SMARTS) is 2. The van der Waals surface area contributed by atoms with Crippen LogP contribution < -0.4 is 5.32 Å². The van der Waals surface area contributed by atoms with Crippen LogP contribution in [-0.4, -0.2) is 60.3 Å². The molecule has 0 fully saturated rings. The first kappa shape index (κ1) is 13.9. The van der Waals surface area contributed by atoms with Crippen LogP contribution in [0.5, 0.6) is 0 Å². The molecule has 0 aromatic rings. The highest BCUT2D eigenvalue weighted by Gasteiger charge is 2.17. The number of hydrogen-bond acceptors (Lipinski definition) is 4. The molecule has 0 radical (unpaired) electrons. The maximum atomic E-state index is 10.7. The van der Waals surface area contributed by atoms with E-state index in [1.807, 2.05) is 19.0 Å². The van der Waals surface area contributed by atoms with E-state index in [9.17, 15) is 9.59 Å². The first-order valence-corrected chi connectivity index (χ1v) is 4.76. The van der Waals surface area contributed by atoms with Crippen LogP contribution in [0.4, 0.5) is 0 Å². The van der Waals surface area contributed by atoms with E-state index in [1.54, 1.807) is 0 Å². The van der Waals surface area contributed by atoms with Crippen LogP contribution in [0.15, 0.2) is 0 Å². The van der Waals surface area contributed by atoms with Gasteiger partial charge in [-0.1, -0.05) is 0 Å². The molecule has 88 valence electrons. The molecule has 0 heterocycles. The molecule has 0 bridgehead atoms. The lowest BCUT2D eigenvalue weighted by Gasteiger charge is -2.15. The molecule has 15 heavy (non-hydrogen) atoms. The van der Waals surface area contributed by atoms with E-state index in [4.69, 9.17) is 10.2 Å². The van der Waals surface area contributed by atoms with Gasteiger partial charge in [0.15, 0.2) is 0 Å². The van der Waals surface area contributed by atoms with Gasteiger partial charge in [0, 0.05) is 19.5 Å². The van der Waals surface area contributed by atoms with E-state index in [2.05, 4.69) is 5.32 Å². The number of rotatable bonds is 8. The average Bonchev–Trinajstić information content (AvgIpc) is 2.09. The maximum absolute atomic E-state index is 10.7. The number of hydrogen-bond donors (Lipinski definition) is 3. The van der Waals surface area contributed by atoms with Gasteiger partial charge in [0.2, 0.25) is 0 Å². The predicted molar refractivity (Wildman–Crippen MR) is 54.9 cm³/mol. The lowest BCUT2D eigenvalue weighted by Crippen LogP contribution is -2.40. The van der Waals surface area contributed by atoms with Crippen molar-refractivity contribution in [1.29, 1.82) is 0 Å². The molecule has 0 aliphatic heterocycles. The summed E-state index contributed by atoms with van der Waals surface area (Å²) in [5.74, 6) is -1.98. The average molecular weight is 218 g/mol. The van der Waals surface area contributed by atoms with Crippen molar-refractivity contribution in [3.63, 3.8) is 0 Å². The van der Waals surface area contributed by atoms with Crippen molar-refractivity contribution in [2.24, 2.45) is 0 Å². The highest BCUT2D eigenvalue weighted by molar-refractivity contribution is 5.75. The first-order chi connectivity index (χ1) is 6.93. The van der Waals surface area contributed by atoms with Gasteiger partial charge in [-0.15, -0.1) is 0 Å². The Morgan fingerprint density at radius 2 is 1.93 bits per heavy atom. The Labute approximate surface area is 88.9 Å². The Kier molecular flexibility index (Phi) is 6.64. The Bertz CT molecular complexity index is 218. The van der Waals surface area contributed by atoms with Crippen LogP contribution in [0.2, 0.25) is 0 Å². The summed E-state index contributed by atoms with van der Waals surface area (Å²) in [5, 5.41) is 20.0. The number of likely N-dealkylation sites (N-methyl/N-ethyl adjacent to an activating group) is 1. The van der Waals surface area contributed by atoms with Gasteiger partial charge in [-0.3, -0.25) is 9.59 Å². The lowest BCUT2D eigenvalue weighted by atomic mass is 10.1. The summed E-state index contributed by atoms with van der Waals surface area (Å²) in [6, 6.07) is -0.777. The summed E-state index contributed by atoms with van der Waals surface area (Å²) in [4.78, 5) is 22.9. The minimum absolute atomic E-state index is 0.109. The fourth-order valence-electron chi connectivity index (χ4n) is 1.04. The molecule has 0 aliphatic rings. The second kappa shape index (κ2) is 7.19. The van der Waals surface area contributed by atoms with E-state index in [0.717, 1.165) is 6.54 Å². The van der Waals surface area contributed by atoms with Crippen molar-refractivity contribution in [1.82, 2.24) is 10.2 Å². The maximum Gasteiger partial charge on any atom is 0.320 e. The minimum Gasteiger partial charge on any atom is -0.481 e. The van der Waals surface area contributed by atoms with E-state index in [0.29, 0.717) is 6.54 Å². The molecule has 0 spiro atoms. The summed E-state index contributed by atoms with van der Waals surface area (Å²) in [7, 11) is 3.77. The third-order valence-corrected chi connectivity index (χ3v) is 1.89. The molecule has 3 N–H and O–H groups in total. The molecule has 6 nitrogen and oxygen atoms in total. The van der Waals surface area contributed by atoms with E-state index in [-0.39, 0.29) is 12.8 Å². The standard InChI is InChI=1S/C9H18N2O4/c1-11(2)6-5-10-7(9(14)15)3-4-8(12)13/h7,10H,3-6H2,1-2H3,(H,12,13)(H,14,15). The Morgan fingerprint density at radius 1 is 1.33 bits per heavy atom. The van der Waals surface area contributed by atoms with Crippen LogP contribution >= 0.6 is 0 Å². The molecule has 1 unspecified atom stereocenters. The topological polar surface area (TPSA) is 89.9 Å². The van der Waals surface area contributed by atoms with Crippen molar-refractivity contribution in [2.45, 2.75) is 18.9 Å². The third kappa shape index (κ3) is 7.90. The van der Waals surface area contributed by atoms with Gasteiger partial charge in [-0.2, -0.15) is 0 Å². The predicted octanol–water partition coefficient (Wildman–Crippen LogP) is -0.544. The number of carbonyl (C=O) groups is 2. The second-order valence-corrected chi connectivity index (χ2v) is 3.58. The highest BCUT2D eigenvalue weighted by Crippen LogP contribution is 1.97. The van der Waals surface area contributed by atoms with Crippen LogP contribution in [0, 0.1) is 0 Å². The number of nitrogens with zero attached hydrogens (tertiary/aromatic N) is 1. The molecule has 1 atom stereocenters. The van der Waals surface area contributed by atoms with Crippen LogP contribution in [0.25, 0.3) is 0 Å². The van der Waals surface area contributed by atoms with E-state index in [1.165, 1.54) is 0 Å². The van der Waals surface area contributed by atoms with Gasteiger partial charge in [0.25, 0.3) is 0 Å². The van der Waals surface area contributed by atoms with Crippen LogP contribution in [0.3, 0.4) is 0 Å². The molecule has 0 aromatic heterocycles. The zero-order chi connectivity index (χ0) is 11.8. The molecule has 0 rings (SSSR count). The first-order valence-electron chi connectivity index (χ1n) is 4.76. The fourth-order valence-corrected chi connectivity index (χ4v) is 1.04. The summed E-state index contributed by atoms with van der Waals surface area (Å²) < 4.78 is 0. The number of aliphatic carboxylic acids is 2. The van der Waals surface area contributed by atoms with E-state index < -0.39 is 18.0 Å². The molecular formula is C9H18N2O4. The summed E-state index contributed by atoms with van der Waals surface area (Å²) in [6.07, 6.45) is -0.0238. The van der Waals surface area contributed by atoms with Gasteiger partial charge in [-0.05, 0) is 20.5 Å². The van der Waals surface area contributed by atoms with Gasteiger partial charge in [0.1, 0.15) is 6.04 Å². The normalized spacial score (nSPS) is 12.7. The second-order valence-electron chi connectivity index (χ2n) is 3.58. The van der Waals surface area contributed by atoms with Gasteiger partial charge >= 0.3 is 11.9 Å². The summed E-state index contributed by atoms with van der Waals surface area (Å²) in [6.45, 7) is 1.25. The van der Waals surface area contributed by atoms with Gasteiger partial charge in [0.05, 0.1) is 0 Å².